The summed E-state index contributed by atoms with van der Waals surface area (Å²) in [6.45, 7) is 1.68. The lowest BCUT2D eigenvalue weighted by Crippen LogP contribution is -2.34. The summed E-state index contributed by atoms with van der Waals surface area (Å²) in [6, 6.07) is 5.79. The molecule has 0 saturated heterocycles. The van der Waals surface area contributed by atoms with Crippen molar-refractivity contribution >= 4 is 17.6 Å². The van der Waals surface area contributed by atoms with Crippen LogP contribution in [-0.4, -0.2) is 38.8 Å². The molecule has 1 unspecified atom stereocenters. The number of aromatic nitrogens is 3. The molecule has 0 spiro atoms. The van der Waals surface area contributed by atoms with Crippen LogP contribution in [0.4, 0.5) is 5.69 Å². The second-order valence-electron chi connectivity index (χ2n) is 4.27. The number of para-hydroxylation sites is 1. The number of hydrogen-bond acceptors (Lipinski definition) is 4. The molecule has 2 rings (SSSR count). The highest BCUT2D eigenvalue weighted by Gasteiger charge is 2.23. The summed E-state index contributed by atoms with van der Waals surface area (Å²) in [6.07, 6.45) is 2.79. The van der Waals surface area contributed by atoms with Crippen LogP contribution in [-0.2, 0) is 4.79 Å². The molecule has 104 valence electrons. The summed E-state index contributed by atoms with van der Waals surface area (Å²) in [4.78, 5) is 28.6. The third kappa shape index (κ3) is 2.51. The molecule has 2 aromatic rings. The number of carboxylic acid groups (broad SMARTS) is 1. The molecule has 0 radical (unpaired) electrons. The van der Waals surface area contributed by atoms with Gasteiger partial charge in [-0.3, -0.25) is 4.79 Å². The molecular formula is C13H14N4O3. The molecule has 1 aromatic carbocycles. The number of rotatable bonds is 4. The van der Waals surface area contributed by atoms with E-state index in [1.807, 2.05) is 0 Å². The molecule has 20 heavy (non-hydrogen) atoms. The summed E-state index contributed by atoms with van der Waals surface area (Å²) >= 11 is 0. The van der Waals surface area contributed by atoms with Gasteiger partial charge in [-0.05, 0) is 19.1 Å². The summed E-state index contributed by atoms with van der Waals surface area (Å²) in [5, 5.41) is 13.1. The number of aromatic carboxylic acids is 1. The van der Waals surface area contributed by atoms with Crippen molar-refractivity contribution in [1.82, 2.24) is 14.8 Å². The largest absolute Gasteiger partial charge is 0.478 e. The Balaban J connectivity index is 2.30. The second kappa shape index (κ2) is 5.52. The number of benzene rings is 1. The SMILES string of the molecule is CC(C(=O)N(C)c1ccccc1C(=O)O)n1cncn1. The zero-order valence-corrected chi connectivity index (χ0v) is 11.1. The molecule has 1 amide bonds. The number of carbonyl (C=O) groups is 2. The predicted molar refractivity (Wildman–Crippen MR) is 71.5 cm³/mol. The zero-order valence-electron chi connectivity index (χ0n) is 11.1. The van der Waals surface area contributed by atoms with E-state index in [4.69, 9.17) is 5.11 Å². The zero-order chi connectivity index (χ0) is 14.7. The van der Waals surface area contributed by atoms with Crippen LogP contribution in [0.25, 0.3) is 0 Å². The molecule has 7 heteroatoms. The van der Waals surface area contributed by atoms with E-state index in [0.29, 0.717) is 5.69 Å². The van der Waals surface area contributed by atoms with E-state index < -0.39 is 12.0 Å². The maximum Gasteiger partial charge on any atom is 0.337 e. The molecule has 0 aliphatic rings. The highest BCUT2D eigenvalue weighted by molar-refractivity contribution is 6.02. The molecule has 1 heterocycles. The van der Waals surface area contributed by atoms with Gasteiger partial charge in [-0.2, -0.15) is 5.10 Å². The van der Waals surface area contributed by atoms with Gasteiger partial charge >= 0.3 is 5.97 Å². The predicted octanol–water partition coefficient (Wildman–Crippen LogP) is 1.20. The van der Waals surface area contributed by atoms with E-state index in [2.05, 4.69) is 10.1 Å². The number of amides is 1. The van der Waals surface area contributed by atoms with Gasteiger partial charge < -0.3 is 10.0 Å². The third-order valence-corrected chi connectivity index (χ3v) is 3.02. The van der Waals surface area contributed by atoms with Crippen molar-refractivity contribution in [2.24, 2.45) is 0 Å². The highest BCUT2D eigenvalue weighted by atomic mass is 16.4. The second-order valence-corrected chi connectivity index (χ2v) is 4.27. The Labute approximate surface area is 115 Å². The van der Waals surface area contributed by atoms with Crippen molar-refractivity contribution in [3.8, 4) is 0 Å². The number of likely N-dealkylation sites (N-methyl/N-ethyl adjacent to an activating group) is 1. The van der Waals surface area contributed by atoms with Crippen LogP contribution in [0.2, 0.25) is 0 Å². The monoisotopic (exact) mass is 274 g/mol. The van der Waals surface area contributed by atoms with Crippen LogP contribution >= 0.6 is 0 Å². The molecule has 1 aromatic heterocycles. The fourth-order valence-corrected chi connectivity index (χ4v) is 1.88. The van der Waals surface area contributed by atoms with E-state index in [9.17, 15) is 9.59 Å². The van der Waals surface area contributed by atoms with Crippen LogP contribution in [0, 0.1) is 0 Å². The van der Waals surface area contributed by atoms with Gasteiger partial charge in [-0.25, -0.2) is 14.5 Å². The summed E-state index contributed by atoms with van der Waals surface area (Å²) in [5.74, 6) is -1.35. The van der Waals surface area contributed by atoms with Crippen LogP contribution < -0.4 is 4.90 Å². The van der Waals surface area contributed by atoms with Crippen LogP contribution in [0.3, 0.4) is 0 Å². The Hall–Kier alpha value is -2.70. The Kier molecular flexibility index (Phi) is 3.79. The van der Waals surface area contributed by atoms with E-state index in [0.717, 1.165) is 0 Å². The first-order valence-electron chi connectivity index (χ1n) is 5.96. The van der Waals surface area contributed by atoms with Gasteiger partial charge in [0.15, 0.2) is 0 Å². The molecule has 1 atom stereocenters. The lowest BCUT2D eigenvalue weighted by atomic mass is 10.1. The normalized spacial score (nSPS) is 11.9. The topological polar surface area (TPSA) is 88.3 Å². The standard InChI is InChI=1S/C13H14N4O3/c1-9(17-8-14-7-15-17)12(18)16(2)11-6-4-3-5-10(11)13(19)20/h3-9H,1-2H3,(H,19,20). The summed E-state index contributed by atoms with van der Waals surface area (Å²) < 4.78 is 1.42. The number of hydrogen-bond donors (Lipinski definition) is 1. The van der Waals surface area contributed by atoms with E-state index in [1.165, 1.54) is 35.4 Å². The first-order chi connectivity index (χ1) is 9.52. The van der Waals surface area contributed by atoms with Crippen molar-refractivity contribution in [3.05, 3.63) is 42.5 Å². The van der Waals surface area contributed by atoms with E-state index in [-0.39, 0.29) is 11.5 Å². The number of nitrogens with zero attached hydrogens (tertiary/aromatic N) is 4. The lowest BCUT2D eigenvalue weighted by Gasteiger charge is -2.22. The first-order valence-corrected chi connectivity index (χ1v) is 5.96. The average molecular weight is 274 g/mol. The minimum absolute atomic E-state index is 0.0779. The Morgan fingerprint density at radius 1 is 1.35 bits per heavy atom. The molecule has 1 N–H and O–H groups in total. The maximum absolute atomic E-state index is 12.4. The van der Waals surface area contributed by atoms with Gasteiger partial charge in [-0.15, -0.1) is 0 Å². The van der Waals surface area contributed by atoms with Crippen LogP contribution in [0.1, 0.15) is 23.3 Å². The first kappa shape index (κ1) is 13.7. The van der Waals surface area contributed by atoms with Crippen molar-refractivity contribution in [2.75, 3.05) is 11.9 Å². The summed E-state index contributed by atoms with van der Waals surface area (Å²) in [5.41, 5.74) is 0.422. The van der Waals surface area contributed by atoms with Gasteiger partial charge in [0.05, 0.1) is 11.3 Å². The van der Waals surface area contributed by atoms with Crippen molar-refractivity contribution in [1.29, 1.82) is 0 Å². The van der Waals surface area contributed by atoms with Gasteiger partial charge in [0, 0.05) is 7.05 Å². The average Bonchev–Trinajstić information content (AvgIpc) is 2.99. The molecular weight excluding hydrogens is 260 g/mol. The Morgan fingerprint density at radius 3 is 2.65 bits per heavy atom. The number of carboxylic acids is 1. The molecule has 7 nitrogen and oxygen atoms in total. The molecule has 0 aliphatic carbocycles. The maximum atomic E-state index is 12.4. The molecule has 0 saturated carbocycles. The fourth-order valence-electron chi connectivity index (χ4n) is 1.88. The van der Waals surface area contributed by atoms with Crippen molar-refractivity contribution < 1.29 is 14.7 Å². The van der Waals surface area contributed by atoms with Crippen molar-refractivity contribution in [3.63, 3.8) is 0 Å². The van der Waals surface area contributed by atoms with Crippen LogP contribution in [0.15, 0.2) is 36.9 Å². The van der Waals surface area contributed by atoms with Crippen LogP contribution in [0.5, 0.6) is 0 Å². The van der Waals surface area contributed by atoms with Crippen molar-refractivity contribution in [2.45, 2.75) is 13.0 Å². The smallest absolute Gasteiger partial charge is 0.337 e. The van der Waals surface area contributed by atoms with Gasteiger partial charge in [-0.1, -0.05) is 12.1 Å². The van der Waals surface area contributed by atoms with Gasteiger partial charge in [0.25, 0.3) is 5.91 Å². The number of carbonyl (C=O) groups excluding carboxylic acids is 1. The van der Waals surface area contributed by atoms with Gasteiger partial charge in [0.2, 0.25) is 0 Å². The Morgan fingerprint density at radius 2 is 2.05 bits per heavy atom. The quantitative estimate of drug-likeness (QED) is 0.905. The van der Waals surface area contributed by atoms with E-state index >= 15 is 0 Å². The summed E-state index contributed by atoms with van der Waals surface area (Å²) in [7, 11) is 1.54. The molecule has 0 aliphatic heterocycles. The minimum atomic E-state index is -1.08. The Bertz CT molecular complexity index is 624. The number of anilines is 1. The third-order valence-electron chi connectivity index (χ3n) is 3.02. The highest BCUT2D eigenvalue weighted by Crippen LogP contribution is 2.21. The minimum Gasteiger partial charge on any atom is -0.478 e. The lowest BCUT2D eigenvalue weighted by molar-refractivity contribution is -0.121. The van der Waals surface area contributed by atoms with E-state index in [1.54, 1.807) is 25.1 Å². The molecule has 0 bridgehead atoms. The molecule has 0 fully saturated rings. The van der Waals surface area contributed by atoms with Gasteiger partial charge in [0.1, 0.15) is 18.7 Å². The fraction of sp³-hybridized carbons (Fsp3) is 0.231.